The maximum absolute atomic E-state index is 10.3. The maximum Gasteiger partial charge on any atom is 0.189 e. The van der Waals surface area contributed by atoms with Crippen LogP contribution in [0.15, 0.2) is 0 Å². The largest absolute Gasteiger partial charge is 0.394 e. The van der Waals surface area contributed by atoms with Crippen molar-refractivity contribution in [3.63, 3.8) is 0 Å². The van der Waals surface area contributed by atoms with Gasteiger partial charge in [-0.15, -0.1) is 0 Å². The summed E-state index contributed by atoms with van der Waals surface area (Å²) in [5.74, 6) is 0. The molecule has 0 aromatic heterocycles. The lowest BCUT2D eigenvalue weighted by atomic mass is 9.98. The predicted molar refractivity (Wildman–Crippen MR) is 143 cm³/mol. The minimum absolute atomic E-state index is 0.0437. The molecule has 2 heterocycles. The third-order valence-corrected chi connectivity index (χ3v) is 7.71. The Labute approximate surface area is 233 Å². The minimum atomic E-state index is -1.70. The zero-order valence-corrected chi connectivity index (χ0v) is 23.6. The van der Waals surface area contributed by atoms with Crippen molar-refractivity contribution in [3.8, 4) is 0 Å². The van der Waals surface area contributed by atoms with E-state index in [0.717, 1.165) is 19.3 Å². The smallest absolute Gasteiger partial charge is 0.189 e. The van der Waals surface area contributed by atoms with Crippen LogP contribution in [0.4, 0.5) is 0 Å². The van der Waals surface area contributed by atoms with Crippen LogP contribution in [0.5, 0.6) is 0 Å². The van der Waals surface area contributed by atoms with Crippen molar-refractivity contribution in [2.45, 2.75) is 158 Å². The van der Waals surface area contributed by atoms with Crippen LogP contribution in [0.2, 0.25) is 0 Å². The molecular formula is C28H54O11. The van der Waals surface area contributed by atoms with Crippen molar-refractivity contribution in [2.75, 3.05) is 19.8 Å². The van der Waals surface area contributed by atoms with E-state index >= 15 is 0 Å². The molecule has 0 bridgehead atoms. The summed E-state index contributed by atoms with van der Waals surface area (Å²) in [4.78, 5) is 0. The van der Waals surface area contributed by atoms with E-state index in [1.165, 1.54) is 70.6 Å². The molecule has 0 radical (unpaired) electrons. The number of hydrogen-bond donors (Lipinski definition) is 7. The average Bonchev–Trinajstić information content (AvgIpc) is 2.93. The van der Waals surface area contributed by atoms with Crippen LogP contribution in [-0.4, -0.2) is 117 Å². The topological polar surface area (TPSA) is 179 Å². The fourth-order valence-electron chi connectivity index (χ4n) is 5.08. The molecule has 2 aliphatic rings. The lowest BCUT2D eigenvalue weighted by molar-refractivity contribution is -0.377. The Balaban J connectivity index is 1.58. The highest BCUT2D eigenvalue weighted by molar-refractivity contribution is 4.92. The Hall–Kier alpha value is -0.440. The van der Waals surface area contributed by atoms with Crippen LogP contribution in [0.25, 0.3) is 0 Å². The van der Waals surface area contributed by atoms with Gasteiger partial charge < -0.3 is 54.7 Å². The van der Waals surface area contributed by atoms with Gasteiger partial charge in [-0.2, -0.15) is 0 Å². The van der Waals surface area contributed by atoms with Crippen molar-refractivity contribution in [2.24, 2.45) is 0 Å². The molecule has 2 fully saturated rings. The molecule has 0 spiro atoms. The van der Waals surface area contributed by atoms with Crippen molar-refractivity contribution in [1.29, 1.82) is 0 Å². The molecule has 2 aliphatic heterocycles. The Bertz CT molecular complexity index is 610. The number of aliphatic hydroxyl groups excluding tert-OH is 7. The van der Waals surface area contributed by atoms with Gasteiger partial charge in [-0.1, -0.05) is 90.4 Å². The van der Waals surface area contributed by atoms with Gasteiger partial charge in [0.15, 0.2) is 12.6 Å². The fourth-order valence-corrected chi connectivity index (χ4v) is 5.08. The summed E-state index contributed by atoms with van der Waals surface area (Å²) >= 11 is 0. The van der Waals surface area contributed by atoms with Crippen LogP contribution in [0.3, 0.4) is 0 Å². The molecule has 7 N–H and O–H groups in total. The molecule has 10 atom stereocenters. The number of unbranched alkanes of at least 4 members (excludes halogenated alkanes) is 13. The summed E-state index contributed by atoms with van der Waals surface area (Å²) in [5, 5.41) is 70.2. The quantitative estimate of drug-likeness (QED) is 0.105. The Morgan fingerprint density at radius 1 is 0.513 bits per heavy atom. The van der Waals surface area contributed by atoms with E-state index in [0.29, 0.717) is 6.61 Å². The molecule has 0 amide bonds. The van der Waals surface area contributed by atoms with E-state index in [1.807, 2.05) is 0 Å². The molecule has 0 aromatic carbocycles. The van der Waals surface area contributed by atoms with Crippen LogP contribution in [0, 0.1) is 0 Å². The van der Waals surface area contributed by atoms with E-state index < -0.39 is 68.0 Å². The van der Waals surface area contributed by atoms with Gasteiger partial charge in [-0.3, -0.25) is 0 Å². The van der Waals surface area contributed by atoms with Gasteiger partial charge in [0.2, 0.25) is 0 Å². The lowest BCUT2D eigenvalue weighted by Crippen LogP contribution is -2.63. The number of ether oxygens (including phenoxy) is 4. The first-order valence-corrected chi connectivity index (χ1v) is 15.0. The summed E-state index contributed by atoms with van der Waals surface area (Å²) in [6.07, 6.45) is 2.69. The van der Waals surface area contributed by atoms with E-state index in [-0.39, 0.29) is 6.61 Å². The highest BCUT2D eigenvalue weighted by Crippen LogP contribution is 2.28. The molecule has 0 aliphatic carbocycles. The predicted octanol–water partition coefficient (Wildman–Crippen LogP) is 1.11. The zero-order valence-electron chi connectivity index (χ0n) is 23.6. The second kappa shape index (κ2) is 19.6. The monoisotopic (exact) mass is 566 g/mol. The molecule has 232 valence electrons. The molecule has 2 saturated heterocycles. The highest BCUT2D eigenvalue weighted by atomic mass is 16.8. The average molecular weight is 567 g/mol. The van der Waals surface area contributed by atoms with Gasteiger partial charge in [0.25, 0.3) is 0 Å². The second-order valence-corrected chi connectivity index (χ2v) is 11.0. The zero-order chi connectivity index (χ0) is 28.6. The Morgan fingerprint density at radius 3 is 1.38 bits per heavy atom. The van der Waals surface area contributed by atoms with Gasteiger partial charge in [0, 0.05) is 6.61 Å². The molecule has 0 aromatic rings. The van der Waals surface area contributed by atoms with Gasteiger partial charge in [-0.05, 0) is 6.42 Å². The molecule has 39 heavy (non-hydrogen) atoms. The number of hydrogen-bond acceptors (Lipinski definition) is 11. The van der Waals surface area contributed by atoms with Gasteiger partial charge >= 0.3 is 0 Å². The van der Waals surface area contributed by atoms with Crippen molar-refractivity contribution >= 4 is 0 Å². The van der Waals surface area contributed by atoms with Crippen molar-refractivity contribution < 1.29 is 54.7 Å². The first kappa shape index (κ1) is 34.8. The molecule has 2 rings (SSSR count). The lowest BCUT2D eigenvalue weighted by Gasteiger charge is -2.44. The minimum Gasteiger partial charge on any atom is -0.394 e. The molecule has 11 heteroatoms. The van der Waals surface area contributed by atoms with Crippen LogP contribution < -0.4 is 0 Å². The van der Waals surface area contributed by atoms with Crippen LogP contribution in [-0.2, 0) is 18.9 Å². The normalized spacial score (nSPS) is 35.4. The third kappa shape index (κ3) is 11.8. The van der Waals surface area contributed by atoms with Crippen LogP contribution in [0.1, 0.15) is 96.8 Å². The van der Waals surface area contributed by atoms with E-state index in [9.17, 15) is 35.7 Å². The highest BCUT2D eigenvalue weighted by Gasteiger charge is 2.49. The summed E-state index contributed by atoms with van der Waals surface area (Å²) in [7, 11) is 0. The fraction of sp³-hybridized carbons (Fsp3) is 1.00. The summed E-state index contributed by atoms with van der Waals surface area (Å²) in [6, 6.07) is 0. The van der Waals surface area contributed by atoms with Crippen molar-refractivity contribution in [3.05, 3.63) is 0 Å². The van der Waals surface area contributed by atoms with Crippen molar-refractivity contribution in [1.82, 2.24) is 0 Å². The molecule has 11 nitrogen and oxygen atoms in total. The summed E-state index contributed by atoms with van der Waals surface area (Å²) < 4.78 is 21.9. The first-order chi connectivity index (χ1) is 18.8. The second-order valence-electron chi connectivity index (χ2n) is 11.0. The van der Waals surface area contributed by atoms with E-state index in [4.69, 9.17) is 18.9 Å². The molecule has 0 saturated carbocycles. The Kier molecular flexibility index (Phi) is 17.5. The van der Waals surface area contributed by atoms with E-state index in [1.54, 1.807) is 0 Å². The first-order valence-electron chi connectivity index (χ1n) is 15.0. The molecular weight excluding hydrogens is 512 g/mol. The van der Waals surface area contributed by atoms with E-state index in [2.05, 4.69) is 6.92 Å². The van der Waals surface area contributed by atoms with Crippen LogP contribution >= 0.6 is 0 Å². The number of aliphatic hydroxyl groups is 7. The third-order valence-electron chi connectivity index (χ3n) is 7.71. The Morgan fingerprint density at radius 2 is 0.923 bits per heavy atom. The number of rotatable bonds is 20. The molecule has 0 unspecified atom stereocenters. The maximum atomic E-state index is 10.3. The standard InChI is InChI=1S/C28H54O11/c1-2-3-4-5-6-7-8-9-10-11-12-13-14-15-16-36-18-20-22(31)24(33)26(35)28(38-20)39-27-25(34)23(32)21(30)19(17-29)37-27/h19-35H,2-18H2,1H3/t19-,20-,21-,22-,23+,24+,25-,26-,27-,28-/m1/s1. The SMILES string of the molecule is CCCCCCCCCCCCCCCCOC[C@H]1O[C@H](O[C@H]2O[C@H](CO)[C@@H](O)[C@H](O)[C@H]2O)[C@H](O)[C@@H](O)[C@@H]1O. The van der Waals surface area contributed by atoms with Gasteiger partial charge in [0.05, 0.1) is 13.2 Å². The van der Waals surface area contributed by atoms with Gasteiger partial charge in [0.1, 0.15) is 48.8 Å². The summed E-state index contributed by atoms with van der Waals surface area (Å²) in [5.41, 5.74) is 0. The van der Waals surface area contributed by atoms with Gasteiger partial charge in [-0.25, -0.2) is 0 Å². The summed E-state index contributed by atoms with van der Waals surface area (Å²) in [6.45, 7) is 2.02.